The second-order valence-corrected chi connectivity index (χ2v) is 5.62. The SMILES string of the molecule is Nc1ccccc1C(=O)OOC(=O)c1ccc2c(c1N)C(=O)CCC2=O. The summed E-state index contributed by atoms with van der Waals surface area (Å²) < 4.78 is 0. The highest BCUT2D eigenvalue weighted by Gasteiger charge is 2.29. The van der Waals surface area contributed by atoms with Crippen molar-refractivity contribution >= 4 is 34.9 Å². The van der Waals surface area contributed by atoms with Gasteiger partial charge in [0.15, 0.2) is 11.6 Å². The third kappa shape index (κ3) is 3.00. The first-order valence-corrected chi connectivity index (χ1v) is 7.66. The highest BCUT2D eigenvalue weighted by Crippen LogP contribution is 2.29. The van der Waals surface area contributed by atoms with E-state index in [1.807, 2.05) is 0 Å². The molecule has 0 aliphatic heterocycles. The van der Waals surface area contributed by atoms with Crippen LogP contribution in [0.1, 0.15) is 54.3 Å². The summed E-state index contributed by atoms with van der Waals surface area (Å²) in [7, 11) is 0. The standard InChI is InChI=1S/C18H14N2O6/c19-12-4-2-1-3-9(12)17(23)25-26-18(24)11-6-5-10-13(21)7-8-14(22)15(10)16(11)20/h1-6H,7-8,19-20H2. The number of para-hydroxylation sites is 1. The lowest BCUT2D eigenvalue weighted by Gasteiger charge is -2.17. The summed E-state index contributed by atoms with van der Waals surface area (Å²) in [4.78, 5) is 57.0. The molecule has 2 aromatic carbocycles. The zero-order valence-corrected chi connectivity index (χ0v) is 13.5. The molecule has 1 aliphatic rings. The van der Waals surface area contributed by atoms with Crippen LogP contribution < -0.4 is 11.5 Å². The lowest BCUT2D eigenvalue weighted by molar-refractivity contribution is -0.187. The molecule has 4 N–H and O–H groups in total. The van der Waals surface area contributed by atoms with Crippen molar-refractivity contribution in [1.29, 1.82) is 0 Å². The van der Waals surface area contributed by atoms with Crippen molar-refractivity contribution < 1.29 is 29.0 Å². The number of Topliss-reactive ketones (excluding diaryl/α,β-unsaturated/α-hetero) is 2. The maximum atomic E-state index is 12.2. The number of nitrogens with two attached hydrogens (primary N) is 2. The molecule has 0 amide bonds. The summed E-state index contributed by atoms with van der Waals surface area (Å²) in [5.41, 5.74) is 11.5. The minimum atomic E-state index is -1.07. The number of fused-ring (bicyclic) bond motifs is 1. The van der Waals surface area contributed by atoms with Crippen LogP contribution in [0.25, 0.3) is 0 Å². The fourth-order valence-electron chi connectivity index (χ4n) is 2.67. The van der Waals surface area contributed by atoms with Crippen LogP contribution in [-0.4, -0.2) is 23.5 Å². The molecule has 8 heteroatoms. The van der Waals surface area contributed by atoms with Crippen LogP contribution >= 0.6 is 0 Å². The normalized spacial score (nSPS) is 13.1. The molecule has 0 saturated carbocycles. The van der Waals surface area contributed by atoms with Crippen LogP contribution in [0.2, 0.25) is 0 Å². The minimum absolute atomic E-state index is 0.00525. The molecule has 0 aromatic heterocycles. The van der Waals surface area contributed by atoms with Crippen LogP contribution in [0.5, 0.6) is 0 Å². The predicted molar refractivity (Wildman–Crippen MR) is 90.4 cm³/mol. The summed E-state index contributed by atoms with van der Waals surface area (Å²) >= 11 is 0. The van der Waals surface area contributed by atoms with Crippen LogP contribution in [0, 0.1) is 0 Å². The van der Waals surface area contributed by atoms with Gasteiger partial charge in [0.1, 0.15) is 0 Å². The monoisotopic (exact) mass is 354 g/mol. The van der Waals surface area contributed by atoms with E-state index in [-0.39, 0.29) is 58.0 Å². The maximum absolute atomic E-state index is 12.2. The van der Waals surface area contributed by atoms with Crippen molar-refractivity contribution in [2.24, 2.45) is 0 Å². The van der Waals surface area contributed by atoms with Gasteiger partial charge in [-0.1, -0.05) is 12.1 Å². The Morgan fingerprint density at radius 3 is 2.12 bits per heavy atom. The first-order chi connectivity index (χ1) is 12.4. The number of benzene rings is 2. The quantitative estimate of drug-likeness (QED) is 0.474. The molecule has 0 unspecified atom stereocenters. The van der Waals surface area contributed by atoms with Gasteiger partial charge in [0.2, 0.25) is 0 Å². The minimum Gasteiger partial charge on any atom is -0.398 e. The molecule has 0 bridgehead atoms. The molecular formula is C18H14N2O6. The van der Waals surface area contributed by atoms with Gasteiger partial charge in [0.25, 0.3) is 0 Å². The van der Waals surface area contributed by atoms with Crippen molar-refractivity contribution in [3.8, 4) is 0 Å². The van der Waals surface area contributed by atoms with Crippen molar-refractivity contribution in [3.05, 3.63) is 58.7 Å². The van der Waals surface area contributed by atoms with Crippen LogP contribution in [0.3, 0.4) is 0 Å². The average molecular weight is 354 g/mol. The number of carbonyl (C=O) groups is 4. The molecule has 0 fully saturated rings. The van der Waals surface area contributed by atoms with Crippen LogP contribution in [-0.2, 0) is 9.78 Å². The molecule has 0 atom stereocenters. The van der Waals surface area contributed by atoms with E-state index in [0.717, 1.165) is 0 Å². The fraction of sp³-hybridized carbons (Fsp3) is 0.111. The maximum Gasteiger partial charge on any atom is 0.388 e. The van der Waals surface area contributed by atoms with Crippen molar-refractivity contribution in [2.75, 3.05) is 11.5 Å². The van der Waals surface area contributed by atoms with Crippen molar-refractivity contribution in [2.45, 2.75) is 12.8 Å². The molecule has 0 spiro atoms. The van der Waals surface area contributed by atoms with Gasteiger partial charge in [-0.15, -0.1) is 0 Å². The zero-order chi connectivity index (χ0) is 18.8. The molecule has 8 nitrogen and oxygen atoms in total. The fourth-order valence-corrected chi connectivity index (χ4v) is 2.67. The van der Waals surface area contributed by atoms with Crippen LogP contribution in [0.4, 0.5) is 11.4 Å². The first-order valence-electron chi connectivity index (χ1n) is 7.66. The lowest BCUT2D eigenvalue weighted by atomic mass is 9.87. The molecule has 2 aromatic rings. The highest BCUT2D eigenvalue weighted by atomic mass is 17.2. The Kier molecular flexibility index (Phi) is 4.40. The number of ketones is 2. The number of hydrogen-bond acceptors (Lipinski definition) is 8. The van der Waals surface area contributed by atoms with Gasteiger partial charge in [-0.2, -0.15) is 0 Å². The summed E-state index contributed by atoms with van der Waals surface area (Å²) in [6.07, 6.45) is 0.127. The topological polar surface area (TPSA) is 139 Å². The Morgan fingerprint density at radius 1 is 0.808 bits per heavy atom. The first kappa shape index (κ1) is 17.2. The number of nitrogen functional groups attached to an aromatic ring is 2. The average Bonchev–Trinajstić information content (AvgIpc) is 2.63. The molecule has 26 heavy (non-hydrogen) atoms. The molecule has 1 aliphatic carbocycles. The molecule has 0 heterocycles. The van der Waals surface area contributed by atoms with E-state index >= 15 is 0 Å². The lowest BCUT2D eigenvalue weighted by Crippen LogP contribution is -2.21. The van der Waals surface area contributed by atoms with Gasteiger partial charge in [0.05, 0.1) is 22.4 Å². The van der Waals surface area contributed by atoms with Gasteiger partial charge in [-0.25, -0.2) is 19.4 Å². The van der Waals surface area contributed by atoms with E-state index in [4.69, 9.17) is 11.5 Å². The second-order valence-electron chi connectivity index (χ2n) is 5.62. The third-order valence-corrected chi connectivity index (χ3v) is 4.00. The summed E-state index contributed by atoms with van der Waals surface area (Å²) in [6.45, 7) is 0. The van der Waals surface area contributed by atoms with Crippen LogP contribution in [0.15, 0.2) is 36.4 Å². The van der Waals surface area contributed by atoms with Crippen molar-refractivity contribution in [3.63, 3.8) is 0 Å². The molecule has 0 saturated heterocycles. The Hall–Kier alpha value is -3.68. The number of rotatable bonds is 2. The van der Waals surface area contributed by atoms with Gasteiger partial charge < -0.3 is 11.5 Å². The van der Waals surface area contributed by atoms with E-state index in [0.29, 0.717) is 0 Å². The van der Waals surface area contributed by atoms with E-state index in [9.17, 15) is 19.2 Å². The molecule has 132 valence electrons. The summed E-state index contributed by atoms with van der Waals surface area (Å²) in [5, 5.41) is 0. The van der Waals surface area contributed by atoms with Gasteiger partial charge in [0, 0.05) is 24.1 Å². The second kappa shape index (κ2) is 6.67. The summed E-state index contributed by atoms with van der Waals surface area (Å²) in [5.74, 6) is -2.59. The van der Waals surface area contributed by atoms with Crippen molar-refractivity contribution in [1.82, 2.24) is 0 Å². The Balaban J connectivity index is 1.80. The van der Waals surface area contributed by atoms with E-state index in [1.165, 1.54) is 24.3 Å². The highest BCUT2D eigenvalue weighted by molar-refractivity contribution is 6.18. The van der Waals surface area contributed by atoms with E-state index in [2.05, 4.69) is 9.78 Å². The Labute approximate surface area is 147 Å². The predicted octanol–water partition coefficient (Wildman–Crippen LogP) is 1.94. The van der Waals surface area contributed by atoms with Gasteiger partial charge in [-0.3, -0.25) is 9.59 Å². The van der Waals surface area contributed by atoms with Gasteiger partial charge >= 0.3 is 11.9 Å². The molecular weight excluding hydrogens is 340 g/mol. The summed E-state index contributed by atoms with van der Waals surface area (Å²) in [6, 6.07) is 8.67. The van der Waals surface area contributed by atoms with Gasteiger partial charge in [-0.05, 0) is 24.3 Å². The largest absolute Gasteiger partial charge is 0.398 e. The molecule has 3 rings (SSSR count). The van der Waals surface area contributed by atoms with E-state index in [1.54, 1.807) is 12.1 Å². The number of anilines is 2. The third-order valence-electron chi connectivity index (χ3n) is 4.00. The van der Waals surface area contributed by atoms with E-state index < -0.39 is 11.9 Å². The molecule has 0 radical (unpaired) electrons. The Morgan fingerprint density at radius 2 is 1.42 bits per heavy atom. The zero-order valence-electron chi connectivity index (χ0n) is 13.5. The number of carbonyl (C=O) groups excluding carboxylic acids is 4. The Bertz CT molecular complexity index is 951. The number of hydrogen-bond donors (Lipinski definition) is 2. The smallest absolute Gasteiger partial charge is 0.388 e.